The summed E-state index contributed by atoms with van der Waals surface area (Å²) in [6, 6.07) is 0. The smallest absolute Gasteiger partial charge is 0.106 e. The monoisotopic (exact) mass is 264 g/mol. The first-order chi connectivity index (χ1) is 8.08. The van der Waals surface area contributed by atoms with Gasteiger partial charge < -0.3 is 5.48 Å². The maximum absolute atomic E-state index is 13.8. The molecule has 0 heterocycles. The van der Waals surface area contributed by atoms with Crippen molar-refractivity contribution in [3.63, 3.8) is 0 Å². The second-order valence-corrected chi connectivity index (χ2v) is 6.50. The van der Waals surface area contributed by atoms with E-state index in [0.717, 1.165) is 5.92 Å². The minimum absolute atomic E-state index is 0. The van der Waals surface area contributed by atoms with Crippen LogP contribution in [0.4, 0.5) is 8.78 Å². The standard InChI is InChI=1S/C15H26F2.H2O.H2/c1-10-4-3-5-12(7-6-10)13-8-14(16)11(2)15(17)9-13;;/h10-15H,3-9H2,1-2H3;1H2;1H. The Morgan fingerprint density at radius 1 is 0.833 bits per heavy atom. The topological polar surface area (TPSA) is 31.5 Å². The lowest BCUT2D eigenvalue weighted by molar-refractivity contribution is 0.0310. The molecule has 2 fully saturated rings. The highest BCUT2D eigenvalue weighted by Gasteiger charge is 2.38. The van der Waals surface area contributed by atoms with Crippen molar-refractivity contribution in [3.05, 3.63) is 0 Å². The van der Waals surface area contributed by atoms with Gasteiger partial charge in [-0.05, 0) is 37.0 Å². The number of hydrogen-bond acceptors (Lipinski definition) is 0. The lowest BCUT2D eigenvalue weighted by atomic mass is 9.72. The summed E-state index contributed by atoms with van der Waals surface area (Å²) in [6.07, 6.45) is 5.60. The van der Waals surface area contributed by atoms with E-state index in [0.29, 0.717) is 24.7 Å². The van der Waals surface area contributed by atoms with Crippen molar-refractivity contribution in [1.29, 1.82) is 0 Å². The third kappa shape index (κ3) is 3.66. The Balaban J connectivity index is 0.00000162. The molecule has 18 heavy (non-hydrogen) atoms. The van der Waals surface area contributed by atoms with Crippen LogP contribution in [0, 0.1) is 23.7 Å². The Labute approximate surface area is 111 Å². The van der Waals surface area contributed by atoms with Crippen molar-refractivity contribution < 1.29 is 15.7 Å². The maximum atomic E-state index is 13.8. The molecule has 0 saturated heterocycles. The lowest BCUT2D eigenvalue weighted by Gasteiger charge is -2.36. The van der Waals surface area contributed by atoms with Crippen molar-refractivity contribution in [1.82, 2.24) is 0 Å². The third-order valence-corrected chi connectivity index (χ3v) is 5.17. The van der Waals surface area contributed by atoms with E-state index in [1.807, 2.05) is 0 Å². The number of hydrogen-bond donors (Lipinski definition) is 0. The zero-order chi connectivity index (χ0) is 12.4. The first kappa shape index (κ1) is 15.9. The van der Waals surface area contributed by atoms with Crippen molar-refractivity contribution in [2.75, 3.05) is 0 Å². The van der Waals surface area contributed by atoms with Crippen LogP contribution >= 0.6 is 0 Å². The van der Waals surface area contributed by atoms with Gasteiger partial charge in [-0.25, -0.2) is 8.78 Å². The van der Waals surface area contributed by atoms with Crippen molar-refractivity contribution in [2.45, 2.75) is 71.1 Å². The van der Waals surface area contributed by atoms with Crippen molar-refractivity contribution in [3.8, 4) is 0 Å². The van der Waals surface area contributed by atoms with Crippen LogP contribution < -0.4 is 0 Å². The molecule has 3 heteroatoms. The maximum Gasteiger partial charge on any atom is 0.106 e. The highest BCUT2D eigenvalue weighted by atomic mass is 19.1. The van der Waals surface area contributed by atoms with Crippen LogP contribution in [0.1, 0.15) is 60.2 Å². The molecule has 0 aliphatic heterocycles. The number of rotatable bonds is 1. The minimum Gasteiger partial charge on any atom is -0.412 e. The van der Waals surface area contributed by atoms with Gasteiger partial charge in [0.05, 0.1) is 0 Å². The van der Waals surface area contributed by atoms with Gasteiger partial charge in [0.1, 0.15) is 12.3 Å². The zero-order valence-electron chi connectivity index (χ0n) is 11.7. The molecule has 2 aliphatic rings. The average Bonchev–Trinajstić information content (AvgIpc) is 2.50. The molecular weight excluding hydrogens is 234 g/mol. The van der Waals surface area contributed by atoms with E-state index in [2.05, 4.69) is 6.92 Å². The molecule has 0 amide bonds. The van der Waals surface area contributed by atoms with E-state index in [1.54, 1.807) is 6.92 Å². The van der Waals surface area contributed by atoms with Gasteiger partial charge in [0.25, 0.3) is 0 Å². The Morgan fingerprint density at radius 2 is 1.44 bits per heavy atom. The van der Waals surface area contributed by atoms with Crippen LogP contribution in [-0.2, 0) is 0 Å². The van der Waals surface area contributed by atoms with Crippen molar-refractivity contribution in [2.24, 2.45) is 23.7 Å². The molecule has 2 saturated carbocycles. The van der Waals surface area contributed by atoms with Gasteiger partial charge in [0, 0.05) is 7.34 Å². The molecule has 2 aliphatic carbocycles. The Hall–Kier alpha value is -0.180. The Kier molecular flexibility index (Phi) is 6.03. The fraction of sp³-hybridized carbons (Fsp3) is 1.00. The van der Waals surface area contributed by atoms with Crippen LogP contribution in [0.15, 0.2) is 0 Å². The summed E-state index contributed by atoms with van der Waals surface area (Å²) < 4.78 is 27.5. The van der Waals surface area contributed by atoms with Crippen LogP contribution in [0.2, 0.25) is 0 Å². The van der Waals surface area contributed by atoms with Gasteiger partial charge in [0.2, 0.25) is 0 Å². The van der Waals surface area contributed by atoms with Crippen LogP contribution in [-0.4, -0.2) is 17.8 Å². The first-order valence-electron chi connectivity index (χ1n) is 7.36. The van der Waals surface area contributed by atoms with Gasteiger partial charge in [-0.1, -0.05) is 39.5 Å². The minimum atomic E-state index is -0.913. The van der Waals surface area contributed by atoms with E-state index >= 15 is 0 Å². The van der Waals surface area contributed by atoms with Gasteiger partial charge in [-0.15, -0.1) is 0 Å². The molecule has 4 atom stereocenters. The fourth-order valence-corrected chi connectivity index (χ4v) is 3.70. The van der Waals surface area contributed by atoms with E-state index in [1.165, 1.54) is 32.1 Å². The summed E-state index contributed by atoms with van der Waals surface area (Å²) in [5, 5.41) is 0. The van der Waals surface area contributed by atoms with Gasteiger partial charge in [-0.3, -0.25) is 0 Å². The van der Waals surface area contributed by atoms with Gasteiger partial charge in [0.15, 0.2) is 0 Å². The summed E-state index contributed by atoms with van der Waals surface area (Å²) in [5.41, 5.74) is 0. The van der Waals surface area contributed by atoms with Gasteiger partial charge >= 0.3 is 0 Å². The Bertz CT molecular complexity index is 240. The van der Waals surface area contributed by atoms with E-state index in [9.17, 15) is 8.78 Å². The van der Waals surface area contributed by atoms with Crippen LogP contribution in [0.3, 0.4) is 0 Å². The third-order valence-electron chi connectivity index (χ3n) is 5.17. The predicted molar refractivity (Wildman–Crippen MR) is 73.1 cm³/mol. The van der Waals surface area contributed by atoms with E-state index in [-0.39, 0.29) is 12.8 Å². The molecule has 0 aromatic heterocycles. The highest BCUT2D eigenvalue weighted by molar-refractivity contribution is 4.88. The number of halogens is 2. The molecule has 1 nitrogen and oxygen atoms in total. The quantitative estimate of drug-likeness (QED) is 0.631. The SMILES string of the molecule is CC1CCCC(C2CC(F)C(C)C(F)C2)CC1.O.[HH]. The van der Waals surface area contributed by atoms with Crippen molar-refractivity contribution >= 4 is 0 Å². The summed E-state index contributed by atoms with van der Waals surface area (Å²) in [6.45, 7) is 4.03. The largest absolute Gasteiger partial charge is 0.412 e. The first-order valence-corrected chi connectivity index (χ1v) is 7.36. The zero-order valence-corrected chi connectivity index (χ0v) is 11.7. The molecule has 0 radical (unpaired) electrons. The van der Waals surface area contributed by atoms with Crippen LogP contribution in [0.5, 0.6) is 0 Å². The van der Waals surface area contributed by atoms with Gasteiger partial charge in [-0.2, -0.15) is 0 Å². The molecule has 2 N–H and O–H groups in total. The second-order valence-electron chi connectivity index (χ2n) is 6.50. The Morgan fingerprint density at radius 3 is 2.06 bits per heavy atom. The molecular formula is C15H30F2O. The predicted octanol–water partition coefficient (Wildman–Crippen LogP) is 4.35. The molecule has 4 unspecified atom stereocenters. The highest BCUT2D eigenvalue weighted by Crippen LogP contribution is 2.42. The van der Waals surface area contributed by atoms with E-state index in [4.69, 9.17) is 0 Å². The van der Waals surface area contributed by atoms with E-state index < -0.39 is 12.3 Å². The molecule has 2 rings (SSSR count). The molecule has 110 valence electrons. The normalized spacial score (nSPS) is 46.0. The van der Waals surface area contributed by atoms with Crippen LogP contribution in [0.25, 0.3) is 0 Å². The molecule has 0 aromatic rings. The average molecular weight is 264 g/mol. The fourth-order valence-electron chi connectivity index (χ4n) is 3.70. The summed E-state index contributed by atoms with van der Waals surface area (Å²) >= 11 is 0. The second kappa shape index (κ2) is 6.83. The summed E-state index contributed by atoms with van der Waals surface area (Å²) in [7, 11) is 0. The summed E-state index contributed by atoms with van der Waals surface area (Å²) in [5.74, 6) is 1.33. The molecule has 0 spiro atoms. The summed E-state index contributed by atoms with van der Waals surface area (Å²) in [4.78, 5) is 0. The number of alkyl halides is 2. The molecule has 0 aromatic carbocycles. The lowest BCUT2D eigenvalue weighted by Crippen LogP contribution is -2.36. The molecule has 0 bridgehead atoms.